The van der Waals surface area contributed by atoms with Crippen LogP contribution in [0.15, 0.2) is 45.9 Å². The van der Waals surface area contributed by atoms with Crippen LogP contribution in [0.25, 0.3) is 0 Å². The number of hydrogen-bond acceptors (Lipinski definition) is 4. The highest BCUT2D eigenvalue weighted by molar-refractivity contribution is 7.98. The molecule has 1 amide bonds. The van der Waals surface area contributed by atoms with Crippen molar-refractivity contribution in [3.05, 3.63) is 53.5 Å². The zero-order chi connectivity index (χ0) is 14.5. The van der Waals surface area contributed by atoms with E-state index in [1.165, 1.54) is 6.26 Å². The number of hydrogen-bond donors (Lipinski definition) is 2. The SMILES string of the molecule is CSc1ccc(C)c(C(=O)NC(CO)c2ccco2)c1. The standard InChI is InChI=1S/C15H17NO3S/c1-10-5-6-11(20-2)8-12(10)15(18)16-13(9-17)14-4-3-7-19-14/h3-8,13,17H,9H2,1-2H3,(H,16,18). The predicted molar refractivity (Wildman–Crippen MR) is 79.0 cm³/mol. The summed E-state index contributed by atoms with van der Waals surface area (Å²) in [6, 6.07) is 8.67. The maximum atomic E-state index is 12.3. The third kappa shape index (κ3) is 3.23. The quantitative estimate of drug-likeness (QED) is 0.832. The minimum atomic E-state index is -0.533. The highest BCUT2D eigenvalue weighted by atomic mass is 32.2. The first-order valence-corrected chi connectivity index (χ1v) is 7.48. The largest absolute Gasteiger partial charge is 0.467 e. The maximum absolute atomic E-state index is 12.3. The second-order valence-electron chi connectivity index (χ2n) is 4.40. The van der Waals surface area contributed by atoms with Crippen molar-refractivity contribution in [3.63, 3.8) is 0 Å². The minimum Gasteiger partial charge on any atom is -0.467 e. The van der Waals surface area contributed by atoms with Crippen molar-refractivity contribution in [1.82, 2.24) is 5.32 Å². The summed E-state index contributed by atoms with van der Waals surface area (Å²) in [6.45, 7) is 1.68. The van der Waals surface area contributed by atoms with E-state index < -0.39 is 6.04 Å². The lowest BCUT2D eigenvalue weighted by atomic mass is 10.1. The fourth-order valence-corrected chi connectivity index (χ4v) is 2.34. The summed E-state index contributed by atoms with van der Waals surface area (Å²) in [5.41, 5.74) is 1.51. The number of aryl methyl sites for hydroxylation is 1. The van der Waals surface area contributed by atoms with Gasteiger partial charge in [0.15, 0.2) is 0 Å². The van der Waals surface area contributed by atoms with Gasteiger partial charge in [0, 0.05) is 10.5 Å². The lowest BCUT2D eigenvalue weighted by Gasteiger charge is -2.15. The zero-order valence-electron chi connectivity index (χ0n) is 11.4. The molecule has 0 radical (unpaired) electrons. The Bertz CT molecular complexity index is 581. The van der Waals surface area contributed by atoms with Crippen molar-refractivity contribution in [2.75, 3.05) is 12.9 Å². The second kappa shape index (κ2) is 6.63. The molecule has 0 saturated carbocycles. The van der Waals surface area contributed by atoms with Crippen LogP contribution in [0.2, 0.25) is 0 Å². The van der Waals surface area contributed by atoms with Gasteiger partial charge in [-0.1, -0.05) is 6.07 Å². The van der Waals surface area contributed by atoms with Crippen LogP contribution in [0, 0.1) is 6.92 Å². The third-order valence-corrected chi connectivity index (χ3v) is 3.79. The summed E-state index contributed by atoms with van der Waals surface area (Å²) in [4.78, 5) is 13.4. The molecule has 2 aromatic rings. The van der Waals surface area contributed by atoms with Gasteiger partial charge in [0.05, 0.1) is 12.9 Å². The Morgan fingerprint density at radius 2 is 2.25 bits per heavy atom. The molecule has 1 atom stereocenters. The maximum Gasteiger partial charge on any atom is 0.252 e. The molecule has 1 unspecified atom stereocenters. The van der Waals surface area contributed by atoms with Crippen LogP contribution in [-0.4, -0.2) is 23.9 Å². The van der Waals surface area contributed by atoms with E-state index in [9.17, 15) is 9.90 Å². The minimum absolute atomic E-state index is 0.208. The van der Waals surface area contributed by atoms with Crippen molar-refractivity contribution >= 4 is 17.7 Å². The average Bonchev–Trinajstić information content (AvgIpc) is 2.99. The number of amides is 1. The number of carbonyl (C=O) groups excluding carboxylic acids is 1. The average molecular weight is 291 g/mol. The molecule has 2 rings (SSSR count). The van der Waals surface area contributed by atoms with E-state index in [2.05, 4.69) is 5.32 Å². The van der Waals surface area contributed by atoms with Gasteiger partial charge in [-0.2, -0.15) is 0 Å². The Balaban J connectivity index is 2.19. The van der Waals surface area contributed by atoms with E-state index in [1.807, 2.05) is 31.4 Å². The number of carbonyl (C=O) groups is 1. The fraction of sp³-hybridized carbons (Fsp3) is 0.267. The van der Waals surface area contributed by atoms with Crippen molar-refractivity contribution < 1.29 is 14.3 Å². The number of nitrogens with one attached hydrogen (secondary N) is 1. The normalized spacial score (nSPS) is 12.2. The van der Waals surface area contributed by atoms with Crippen LogP contribution in [0.4, 0.5) is 0 Å². The van der Waals surface area contributed by atoms with Crippen LogP contribution >= 0.6 is 11.8 Å². The molecular formula is C15H17NO3S. The van der Waals surface area contributed by atoms with Gasteiger partial charge in [-0.3, -0.25) is 4.79 Å². The van der Waals surface area contributed by atoms with Crippen molar-refractivity contribution in [3.8, 4) is 0 Å². The Labute approximate surface area is 122 Å². The van der Waals surface area contributed by atoms with Crippen LogP contribution in [0.3, 0.4) is 0 Å². The number of benzene rings is 1. The summed E-state index contributed by atoms with van der Waals surface area (Å²) >= 11 is 1.58. The molecule has 2 N–H and O–H groups in total. The van der Waals surface area contributed by atoms with E-state index in [0.717, 1.165) is 10.5 Å². The Kier molecular flexibility index (Phi) is 4.87. The highest BCUT2D eigenvalue weighted by Crippen LogP contribution is 2.20. The first-order valence-electron chi connectivity index (χ1n) is 6.25. The predicted octanol–water partition coefficient (Wildman–Crippen LogP) is 2.77. The van der Waals surface area contributed by atoms with Gasteiger partial charge in [0.1, 0.15) is 11.8 Å². The summed E-state index contributed by atoms with van der Waals surface area (Å²) in [7, 11) is 0. The molecule has 1 heterocycles. The molecule has 0 bridgehead atoms. The smallest absolute Gasteiger partial charge is 0.252 e. The molecule has 1 aromatic heterocycles. The first kappa shape index (κ1) is 14.7. The van der Waals surface area contributed by atoms with Gasteiger partial charge in [-0.15, -0.1) is 11.8 Å². The molecule has 0 aliphatic heterocycles. The zero-order valence-corrected chi connectivity index (χ0v) is 12.2. The molecule has 0 spiro atoms. The number of aliphatic hydroxyl groups is 1. The Morgan fingerprint density at radius 1 is 1.45 bits per heavy atom. The van der Waals surface area contributed by atoms with E-state index in [-0.39, 0.29) is 12.5 Å². The lowest BCUT2D eigenvalue weighted by molar-refractivity contribution is 0.0906. The molecule has 1 aromatic carbocycles. The third-order valence-electron chi connectivity index (χ3n) is 3.06. The van der Waals surface area contributed by atoms with Crippen molar-refractivity contribution in [2.45, 2.75) is 17.9 Å². The molecule has 4 nitrogen and oxygen atoms in total. The van der Waals surface area contributed by atoms with Crippen LogP contribution in [0.5, 0.6) is 0 Å². The van der Waals surface area contributed by atoms with Crippen LogP contribution in [-0.2, 0) is 0 Å². The highest BCUT2D eigenvalue weighted by Gasteiger charge is 2.18. The van der Waals surface area contributed by atoms with Gasteiger partial charge in [0.25, 0.3) is 5.91 Å². The summed E-state index contributed by atoms with van der Waals surface area (Å²) in [6.07, 6.45) is 3.48. The summed E-state index contributed by atoms with van der Waals surface area (Å²) < 4.78 is 5.22. The van der Waals surface area contributed by atoms with Crippen LogP contribution in [0.1, 0.15) is 27.7 Å². The Hall–Kier alpha value is -1.72. The van der Waals surface area contributed by atoms with Gasteiger partial charge in [-0.05, 0) is 43.0 Å². The van der Waals surface area contributed by atoms with Gasteiger partial charge in [0.2, 0.25) is 0 Å². The molecule has 0 aliphatic rings. The number of rotatable bonds is 5. The van der Waals surface area contributed by atoms with E-state index in [0.29, 0.717) is 11.3 Å². The second-order valence-corrected chi connectivity index (χ2v) is 5.28. The van der Waals surface area contributed by atoms with Crippen molar-refractivity contribution in [1.29, 1.82) is 0 Å². The molecule has 0 fully saturated rings. The topological polar surface area (TPSA) is 62.5 Å². The summed E-state index contributed by atoms with van der Waals surface area (Å²) in [5, 5.41) is 12.2. The fourth-order valence-electron chi connectivity index (χ4n) is 1.90. The molecule has 106 valence electrons. The molecule has 0 saturated heterocycles. The van der Waals surface area contributed by atoms with Gasteiger partial charge >= 0.3 is 0 Å². The first-order chi connectivity index (χ1) is 9.65. The van der Waals surface area contributed by atoms with Crippen LogP contribution < -0.4 is 5.32 Å². The summed E-state index contributed by atoms with van der Waals surface area (Å²) in [5.74, 6) is 0.327. The van der Waals surface area contributed by atoms with Gasteiger partial charge in [-0.25, -0.2) is 0 Å². The number of aliphatic hydroxyl groups excluding tert-OH is 1. The molecule has 5 heteroatoms. The monoisotopic (exact) mass is 291 g/mol. The van der Waals surface area contributed by atoms with Gasteiger partial charge < -0.3 is 14.8 Å². The van der Waals surface area contributed by atoms with E-state index in [4.69, 9.17) is 4.42 Å². The molecule has 0 aliphatic carbocycles. The number of thioether (sulfide) groups is 1. The van der Waals surface area contributed by atoms with E-state index in [1.54, 1.807) is 23.9 Å². The Morgan fingerprint density at radius 3 is 2.85 bits per heavy atom. The molecular weight excluding hydrogens is 274 g/mol. The lowest BCUT2D eigenvalue weighted by Crippen LogP contribution is -2.31. The van der Waals surface area contributed by atoms with E-state index >= 15 is 0 Å². The van der Waals surface area contributed by atoms with Crippen molar-refractivity contribution in [2.24, 2.45) is 0 Å². The number of furan rings is 1. The molecule has 20 heavy (non-hydrogen) atoms.